The van der Waals surface area contributed by atoms with Crippen molar-refractivity contribution in [3.8, 4) is 23.3 Å². The van der Waals surface area contributed by atoms with Crippen LogP contribution in [0, 0.1) is 12.7 Å². The molecular weight excluding hydrogens is 661 g/mol. The van der Waals surface area contributed by atoms with Crippen molar-refractivity contribution in [2.24, 2.45) is 0 Å². The van der Waals surface area contributed by atoms with Gasteiger partial charge in [0, 0.05) is 30.3 Å². The van der Waals surface area contributed by atoms with Crippen LogP contribution in [0.4, 0.5) is 39.4 Å². The van der Waals surface area contributed by atoms with E-state index in [-0.39, 0.29) is 53.4 Å². The summed E-state index contributed by atoms with van der Waals surface area (Å²) in [5, 5.41) is -0.136. The zero-order valence-electron chi connectivity index (χ0n) is 25.9. The molecule has 0 saturated carbocycles. The van der Waals surface area contributed by atoms with Gasteiger partial charge in [-0.15, -0.1) is 0 Å². The van der Waals surface area contributed by atoms with Gasteiger partial charge in [0.2, 0.25) is 5.88 Å². The number of pyridine rings is 3. The van der Waals surface area contributed by atoms with Gasteiger partial charge in [-0.3, -0.25) is 4.90 Å². The van der Waals surface area contributed by atoms with E-state index in [9.17, 15) is 22.0 Å². The molecule has 3 atom stereocenters. The van der Waals surface area contributed by atoms with E-state index in [4.69, 9.17) is 37.5 Å². The molecule has 0 aromatic carbocycles. The van der Waals surface area contributed by atoms with Gasteiger partial charge in [-0.1, -0.05) is 17.7 Å². The van der Waals surface area contributed by atoms with Crippen LogP contribution in [0.3, 0.4) is 0 Å². The molecule has 7 heterocycles. The molecule has 3 aliphatic heterocycles. The Morgan fingerprint density at radius 3 is 2.69 bits per heavy atom. The molecule has 254 valence electrons. The van der Waals surface area contributed by atoms with Gasteiger partial charge in [0.05, 0.1) is 28.7 Å². The third-order valence-corrected chi connectivity index (χ3v) is 9.84. The van der Waals surface area contributed by atoms with Gasteiger partial charge in [0.25, 0.3) is 0 Å². The largest absolute Gasteiger partial charge is 0.475 e. The number of alkyl halides is 4. The maximum absolute atomic E-state index is 14.7. The lowest BCUT2D eigenvalue weighted by atomic mass is 9.95. The van der Waals surface area contributed by atoms with Gasteiger partial charge in [-0.25, -0.2) is 23.7 Å². The number of rotatable bonds is 6. The zero-order valence-corrected chi connectivity index (χ0v) is 26.7. The fourth-order valence-corrected chi connectivity index (χ4v) is 7.45. The molecule has 0 amide bonds. The lowest BCUT2D eigenvalue weighted by Crippen LogP contribution is -2.43. The molecule has 0 radical (unpaired) electrons. The van der Waals surface area contributed by atoms with Crippen molar-refractivity contribution in [1.29, 1.82) is 0 Å². The monoisotopic (exact) mass is 691 g/mol. The highest BCUT2D eigenvalue weighted by Crippen LogP contribution is 2.47. The van der Waals surface area contributed by atoms with Gasteiger partial charge in [-0.2, -0.15) is 23.1 Å². The summed E-state index contributed by atoms with van der Waals surface area (Å²) in [5.41, 5.74) is 8.63. The number of nitrogen functional groups attached to an aromatic ring is 2. The predicted octanol–water partition coefficient (Wildman–Crippen LogP) is 5.68. The van der Waals surface area contributed by atoms with Crippen LogP contribution in [0.25, 0.3) is 22.3 Å². The van der Waals surface area contributed by atoms with Crippen LogP contribution >= 0.6 is 11.6 Å². The van der Waals surface area contributed by atoms with E-state index >= 15 is 0 Å². The Bertz CT molecular complexity index is 1930. The maximum atomic E-state index is 14.7. The summed E-state index contributed by atoms with van der Waals surface area (Å²) in [4.78, 5) is 25.6. The van der Waals surface area contributed by atoms with Crippen LogP contribution < -0.4 is 25.8 Å². The summed E-state index contributed by atoms with van der Waals surface area (Å²) in [6, 6.07) is 2.99. The quantitative estimate of drug-likeness (QED) is 0.241. The first kappa shape index (κ1) is 32.2. The number of hydrogen-bond donors (Lipinski definition) is 2. The molecule has 0 bridgehead atoms. The molecule has 0 spiro atoms. The summed E-state index contributed by atoms with van der Waals surface area (Å²) in [6.45, 7) is 4.22. The van der Waals surface area contributed by atoms with Gasteiger partial charge in [-0.05, 0) is 39.3 Å². The number of halogens is 6. The van der Waals surface area contributed by atoms with Crippen LogP contribution in [0.5, 0.6) is 11.9 Å². The third kappa shape index (κ3) is 5.25. The Balaban J connectivity index is 1.44. The second-order valence-corrected chi connectivity index (χ2v) is 12.7. The van der Waals surface area contributed by atoms with Crippen LogP contribution in [0.15, 0.2) is 18.3 Å². The molecule has 17 heteroatoms. The summed E-state index contributed by atoms with van der Waals surface area (Å²) < 4.78 is 84.6. The van der Waals surface area contributed by atoms with Crippen molar-refractivity contribution in [2.75, 3.05) is 49.2 Å². The van der Waals surface area contributed by atoms with E-state index in [0.717, 1.165) is 26.3 Å². The van der Waals surface area contributed by atoms with Crippen molar-refractivity contribution in [2.45, 2.75) is 57.0 Å². The van der Waals surface area contributed by atoms with Crippen molar-refractivity contribution >= 4 is 40.0 Å². The van der Waals surface area contributed by atoms with E-state index in [1.165, 1.54) is 0 Å². The number of hydrogen-bond acceptors (Lipinski definition) is 11. The van der Waals surface area contributed by atoms with Gasteiger partial charge >= 0.3 is 12.2 Å². The Kier molecular flexibility index (Phi) is 7.85. The molecule has 0 unspecified atom stereocenters. The van der Waals surface area contributed by atoms with E-state index in [0.29, 0.717) is 24.3 Å². The highest BCUT2D eigenvalue weighted by molar-refractivity contribution is 6.38. The van der Waals surface area contributed by atoms with Crippen LogP contribution in [0.2, 0.25) is 5.02 Å². The highest BCUT2D eigenvalue weighted by Gasteiger charge is 2.49. The fraction of sp³-hybridized carbons (Fsp3) is 0.452. The number of aromatic nitrogens is 5. The average molecular weight is 692 g/mol. The standard InChI is InChI=1S/C31H31ClF5N9O2/c1-14-19(31(35,36)37)23(41-26(39)21(14)34)24-20(32)22-18-27(44-29(43-22)48-13-30-6-4-8-45(30)12-16(33)11-30)46(9-10-47-28(18)42-24)15(2)17-5-3-7-40-25(17)38/h3,5,7,15-16H,4,6,8-13H2,1-2H3,(H2,38,40)(H2,39,41)/t15-,16-,30+/m1/s1. The lowest BCUT2D eigenvalue weighted by Gasteiger charge is -2.32. The zero-order chi connectivity index (χ0) is 34.1. The second kappa shape index (κ2) is 11.7. The molecule has 11 nitrogen and oxygen atoms in total. The summed E-state index contributed by atoms with van der Waals surface area (Å²) in [6.07, 6.45) is -2.58. The van der Waals surface area contributed by atoms with E-state index in [1.54, 1.807) is 12.3 Å². The molecule has 3 aliphatic rings. The Hall–Kier alpha value is -4.31. The first-order valence-corrected chi connectivity index (χ1v) is 15.7. The third-order valence-electron chi connectivity index (χ3n) is 9.48. The number of nitrogens with two attached hydrogens (primary N) is 2. The number of anilines is 3. The molecule has 2 fully saturated rings. The van der Waals surface area contributed by atoms with E-state index < -0.39 is 58.1 Å². The number of nitrogens with zero attached hydrogens (tertiary/aromatic N) is 7. The smallest absolute Gasteiger partial charge is 0.418 e. The Labute approximate surface area is 276 Å². The van der Waals surface area contributed by atoms with Crippen molar-refractivity contribution < 1.29 is 31.4 Å². The first-order chi connectivity index (χ1) is 22.8. The van der Waals surface area contributed by atoms with Crippen molar-refractivity contribution in [3.63, 3.8) is 0 Å². The first-order valence-electron chi connectivity index (χ1n) is 15.3. The van der Waals surface area contributed by atoms with Crippen LogP contribution in [-0.2, 0) is 6.18 Å². The maximum Gasteiger partial charge on any atom is 0.418 e. The lowest BCUT2D eigenvalue weighted by molar-refractivity contribution is -0.137. The topological polar surface area (TPSA) is 141 Å². The molecule has 4 aromatic heterocycles. The minimum absolute atomic E-state index is 0.0281. The molecule has 4 N–H and O–H groups in total. The van der Waals surface area contributed by atoms with E-state index in [2.05, 4.69) is 24.8 Å². The fourth-order valence-electron chi connectivity index (χ4n) is 7.18. The summed E-state index contributed by atoms with van der Waals surface area (Å²) in [5.74, 6) is -1.62. The summed E-state index contributed by atoms with van der Waals surface area (Å²) >= 11 is 6.88. The minimum Gasteiger partial charge on any atom is -0.475 e. The molecule has 48 heavy (non-hydrogen) atoms. The Morgan fingerprint density at radius 1 is 1.15 bits per heavy atom. The molecular formula is C31H31ClF5N9O2. The average Bonchev–Trinajstić information content (AvgIpc) is 3.49. The molecule has 0 aliphatic carbocycles. The molecule has 2 saturated heterocycles. The van der Waals surface area contributed by atoms with Gasteiger partial charge in [0.1, 0.15) is 53.3 Å². The number of fused-ring (bicyclic) bond motifs is 1. The normalized spacial score (nSPS) is 21.7. The molecule has 4 aromatic rings. The minimum atomic E-state index is -5.04. The van der Waals surface area contributed by atoms with Crippen molar-refractivity contribution in [3.05, 3.63) is 45.9 Å². The Morgan fingerprint density at radius 2 is 1.94 bits per heavy atom. The number of ether oxygens (including phenoxy) is 2. The highest BCUT2D eigenvalue weighted by atomic mass is 35.5. The summed E-state index contributed by atoms with van der Waals surface area (Å²) in [7, 11) is 0. The van der Waals surface area contributed by atoms with Crippen LogP contribution in [0.1, 0.15) is 48.9 Å². The molecule has 7 rings (SSSR count). The van der Waals surface area contributed by atoms with Crippen molar-refractivity contribution in [1.82, 2.24) is 29.8 Å². The second-order valence-electron chi connectivity index (χ2n) is 12.4. The van der Waals surface area contributed by atoms with Gasteiger partial charge in [0.15, 0.2) is 11.6 Å². The SMILES string of the molecule is Cc1c(F)c(N)nc(-c2nc3c4c(nc(OC[C@@]56CCCN5C[C@H](F)C6)nc4c2Cl)N([C@H](C)c2cccnc2N)CCO3)c1C(F)(F)F. The van der Waals surface area contributed by atoms with Crippen LogP contribution in [-0.4, -0.2) is 74.4 Å². The predicted molar refractivity (Wildman–Crippen MR) is 168 cm³/mol. The van der Waals surface area contributed by atoms with Gasteiger partial charge < -0.3 is 25.8 Å². The van der Waals surface area contributed by atoms with E-state index in [1.807, 2.05) is 17.9 Å².